The van der Waals surface area contributed by atoms with Crippen molar-refractivity contribution >= 4 is 6.01 Å². The highest BCUT2D eigenvalue weighted by Gasteiger charge is 2.23. The van der Waals surface area contributed by atoms with Crippen LogP contribution in [0.2, 0.25) is 0 Å². The van der Waals surface area contributed by atoms with Gasteiger partial charge >= 0.3 is 6.01 Å². The zero-order valence-electron chi connectivity index (χ0n) is 8.59. The van der Waals surface area contributed by atoms with Gasteiger partial charge in [0.2, 0.25) is 5.89 Å². The van der Waals surface area contributed by atoms with Crippen LogP contribution in [0.1, 0.15) is 12.8 Å². The molecule has 82 valence electrons. The van der Waals surface area contributed by atoms with E-state index in [2.05, 4.69) is 10.2 Å². The van der Waals surface area contributed by atoms with E-state index in [9.17, 15) is 0 Å². The molecule has 2 N–H and O–H groups in total. The number of nitrogens with zero attached hydrogens (tertiary/aromatic N) is 2. The minimum absolute atomic E-state index is 0.0727. The summed E-state index contributed by atoms with van der Waals surface area (Å²) in [5, 5.41) is 7.44. The van der Waals surface area contributed by atoms with Crippen LogP contribution in [0.15, 0.2) is 28.7 Å². The van der Waals surface area contributed by atoms with Crippen molar-refractivity contribution in [1.82, 2.24) is 10.2 Å². The molecule has 1 heterocycles. The van der Waals surface area contributed by atoms with E-state index in [-0.39, 0.29) is 6.01 Å². The van der Waals surface area contributed by atoms with Crippen LogP contribution in [0.5, 0.6) is 5.75 Å². The lowest BCUT2D eigenvalue weighted by atomic mass is 10.2. The van der Waals surface area contributed by atoms with Gasteiger partial charge in [0.1, 0.15) is 5.75 Å². The van der Waals surface area contributed by atoms with E-state index < -0.39 is 0 Å². The quantitative estimate of drug-likeness (QED) is 0.849. The average molecular weight is 217 g/mol. The van der Waals surface area contributed by atoms with Crippen molar-refractivity contribution in [3.05, 3.63) is 24.3 Å². The van der Waals surface area contributed by atoms with Gasteiger partial charge in [0.15, 0.2) is 0 Å². The van der Waals surface area contributed by atoms with E-state index in [1.807, 2.05) is 24.3 Å². The van der Waals surface area contributed by atoms with Crippen LogP contribution in [0.4, 0.5) is 6.01 Å². The largest absolute Gasteiger partial charge is 0.490 e. The van der Waals surface area contributed by atoms with Crippen LogP contribution in [0.3, 0.4) is 0 Å². The Balaban J connectivity index is 1.88. The van der Waals surface area contributed by atoms with Crippen LogP contribution in [-0.4, -0.2) is 16.3 Å². The van der Waals surface area contributed by atoms with Gasteiger partial charge in [-0.3, -0.25) is 0 Å². The number of ether oxygens (including phenoxy) is 1. The third-order valence-electron chi connectivity index (χ3n) is 2.35. The molecule has 0 amide bonds. The van der Waals surface area contributed by atoms with Crippen LogP contribution in [0, 0.1) is 0 Å². The Hall–Kier alpha value is -2.04. The predicted octanol–water partition coefficient (Wildman–Crippen LogP) is 1.86. The molecule has 0 bridgehead atoms. The molecule has 0 unspecified atom stereocenters. The SMILES string of the molecule is Nc1nnc(-c2cccc(OC3CC3)c2)o1. The van der Waals surface area contributed by atoms with Crippen molar-refractivity contribution in [2.75, 3.05) is 5.73 Å². The summed E-state index contributed by atoms with van der Waals surface area (Å²) >= 11 is 0. The van der Waals surface area contributed by atoms with Crippen molar-refractivity contribution in [1.29, 1.82) is 0 Å². The fourth-order valence-electron chi connectivity index (χ4n) is 1.43. The lowest BCUT2D eigenvalue weighted by Crippen LogP contribution is -1.95. The Bertz CT molecular complexity index is 505. The highest BCUT2D eigenvalue weighted by atomic mass is 16.5. The lowest BCUT2D eigenvalue weighted by molar-refractivity contribution is 0.303. The fraction of sp³-hybridized carbons (Fsp3) is 0.273. The molecule has 1 saturated carbocycles. The van der Waals surface area contributed by atoms with Crippen LogP contribution in [0.25, 0.3) is 11.5 Å². The molecule has 1 aromatic carbocycles. The van der Waals surface area contributed by atoms with E-state index in [0.29, 0.717) is 12.0 Å². The summed E-state index contributed by atoms with van der Waals surface area (Å²) in [5.74, 6) is 1.25. The minimum Gasteiger partial charge on any atom is -0.490 e. The number of hydrogen-bond acceptors (Lipinski definition) is 5. The van der Waals surface area contributed by atoms with Gasteiger partial charge in [0.05, 0.1) is 6.10 Å². The fourth-order valence-corrected chi connectivity index (χ4v) is 1.43. The number of nitrogen functional groups attached to an aromatic ring is 1. The minimum atomic E-state index is 0.0727. The first kappa shape index (κ1) is 9.21. The van der Waals surface area contributed by atoms with Crippen LogP contribution < -0.4 is 10.5 Å². The van der Waals surface area contributed by atoms with E-state index in [4.69, 9.17) is 14.9 Å². The highest BCUT2D eigenvalue weighted by Crippen LogP contribution is 2.29. The topological polar surface area (TPSA) is 74.2 Å². The second-order valence-electron chi connectivity index (χ2n) is 3.79. The Kier molecular flexibility index (Phi) is 2.02. The number of aromatic nitrogens is 2. The van der Waals surface area contributed by atoms with Crippen LogP contribution >= 0.6 is 0 Å². The molecule has 5 nitrogen and oxygen atoms in total. The molecule has 1 aliphatic rings. The molecule has 0 atom stereocenters. The smallest absolute Gasteiger partial charge is 0.313 e. The molecule has 3 rings (SSSR count). The third kappa shape index (κ3) is 1.84. The maximum Gasteiger partial charge on any atom is 0.313 e. The van der Waals surface area contributed by atoms with Crippen LogP contribution in [-0.2, 0) is 0 Å². The second kappa shape index (κ2) is 3.52. The molecule has 0 radical (unpaired) electrons. The van der Waals surface area contributed by atoms with Gasteiger partial charge in [-0.1, -0.05) is 11.2 Å². The van der Waals surface area contributed by atoms with Gasteiger partial charge in [0.25, 0.3) is 0 Å². The summed E-state index contributed by atoms with van der Waals surface area (Å²) in [6.45, 7) is 0. The molecule has 5 heteroatoms. The van der Waals surface area contributed by atoms with Crippen molar-refractivity contribution in [2.24, 2.45) is 0 Å². The standard InChI is InChI=1S/C11H11N3O2/c12-11-14-13-10(16-11)7-2-1-3-9(6-7)15-8-4-5-8/h1-3,6,8H,4-5H2,(H2,12,14). The Morgan fingerprint density at radius 1 is 1.31 bits per heavy atom. The van der Waals surface area contributed by atoms with Crippen molar-refractivity contribution < 1.29 is 9.15 Å². The van der Waals surface area contributed by atoms with E-state index in [0.717, 1.165) is 24.2 Å². The summed E-state index contributed by atoms with van der Waals surface area (Å²) in [4.78, 5) is 0. The van der Waals surface area contributed by atoms with Gasteiger partial charge in [0, 0.05) is 5.56 Å². The van der Waals surface area contributed by atoms with Gasteiger partial charge in [-0.15, -0.1) is 5.10 Å². The van der Waals surface area contributed by atoms with Gasteiger partial charge in [-0.25, -0.2) is 0 Å². The number of benzene rings is 1. The Morgan fingerprint density at radius 2 is 2.19 bits per heavy atom. The van der Waals surface area contributed by atoms with Crippen molar-refractivity contribution in [3.63, 3.8) is 0 Å². The summed E-state index contributed by atoms with van der Waals surface area (Å²) in [7, 11) is 0. The highest BCUT2D eigenvalue weighted by molar-refractivity contribution is 5.56. The van der Waals surface area contributed by atoms with Gasteiger partial charge < -0.3 is 14.9 Å². The van der Waals surface area contributed by atoms with Gasteiger partial charge in [-0.2, -0.15) is 0 Å². The molecule has 0 saturated heterocycles. The molecule has 0 aliphatic heterocycles. The first-order valence-corrected chi connectivity index (χ1v) is 5.17. The number of hydrogen-bond donors (Lipinski definition) is 1. The first-order chi connectivity index (χ1) is 7.81. The molecule has 1 aliphatic carbocycles. The third-order valence-corrected chi connectivity index (χ3v) is 2.35. The molecule has 0 spiro atoms. The zero-order chi connectivity index (χ0) is 11.0. The maximum absolute atomic E-state index is 5.67. The molecule has 2 aromatic rings. The molecule has 1 fully saturated rings. The van der Waals surface area contributed by atoms with E-state index >= 15 is 0 Å². The normalized spacial score (nSPS) is 15.0. The Labute approximate surface area is 92.2 Å². The molecule has 1 aromatic heterocycles. The zero-order valence-corrected chi connectivity index (χ0v) is 8.59. The van der Waals surface area contributed by atoms with Crippen molar-refractivity contribution in [2.45, 2.75) is 18.9 Å². The summed E-state index contributed by atoms with van der Waals surface area (Å²) in [6, 6.07) is 7.65. The maximum atomic E-state index is 5.67. The summed E-state index contributed by atoms with van der Waals surface area (Å²) in [6.07, 6.45) is 2.65. The number of rotatable bonds is 3. The predicted molar refractivity (Wildman–Crippen MR) is 57.8 cm³/mol. The van der Waals surface area contributed by atoms with Gasteiger partial charge in [-0.05, 0) is 31.0 Å². The number of nitrogens with two attached hydrogens (primary N) is 1. The summed E-state index contributed by atoms with van der Waals surface area (Å²) in [5.41, 5.74) is 6.19. The molecule has 16 heavy (non-hydrogen) atoms. The van der Waals surface area contributed by atoms with E-state index in [1.165, 1.54) is 0 Å². The second-order valence-corrected chi connectivity index (χ2v) is 3.79. The number of anilines is 1. The monoisotopic (exact) mass is 217 g/mol. The first-order valence-electron chi connectivity index (χ1n) is 5.17. The molecular formula is C11H11N3O2. The Morgan fingerprint density at radius 3 is 2.88 bits per heavy atom. The molecular weight excluding hydrogens is 206 g/mol. The van der Waals surface area contributed by atoms with Crippen molar-refractivity contribution in [3.8, 4) is 17.2 Å². The summed E-state index contributed by atoms with van der Waals surface area (Å²) < 4.78 is 10.8. The lowest BCUT2D eigenvalue weighted by Gasteiger charge is -2.04. The average Bonchev–Trinajstić information content (AvgIpc) is 2.98. The van der Waals surface area contributed by atoms with E-state index in [1.54, 1.807) is 0 Å².